The van der Waals surface area contributed by atoms with Gasteiger partial charge in [-0.25, -0.2) is 0 Å². The van der Waals surface area contributed by atoms with Gasteiger partial charge >= 0.3 is 0 Å². The third-order valence-electron chi connectivity index (χ3n) is 3.50. The van der Waals surface area contributed by atoms with Crippen LogP contribution in [0.2, 0.25) is 0 Å². The van der Waals surface area contributed by atoms with Crippen molar-refractivity contribution in [1.82, 2.24) is 5.32 Å². The van der Waals surface area contributed by atoms with Gasteiger partial charge in [-0.1, -0.05) is 38.1 Å². The van der Waals surface area contributed by atoms with Crippen molar-refractivity contribution in [3.05, 3.63) is 35.4 Å². The first-order valence-electron chi connectivity index (χ1n) is 5.99. The second-order valence-electron chi connectivity index (χ2n) is 5.44. The summed E-state index contributed by atoms with van der Waals surface area (Å²) in [5, 5.41) is 11.9. The van der Waals surface area contributed by atoms with E-state index in [0.717, 1.165) is 17.5 Å². The Morgan fingerprint density at radius 2 is 1.88 bits per heavy atom. The van der Waals surface area contributed by atoms with Gasteiger partial charge in [-0.2, -0.15) is 0 Å². The molecule has 1 fully saturated rings. The monoisotopic (exact) mass is 233 g/mol. The second kappa shape index (κ2) is 4.49. The van der Waals surface area contributed by atoms with E-state index in [1.54, 1.807) is 0 Å². The van der Waals surface area contributed by atoms with Gasteiger partial charge in [-0.3, -0.25) is 4.79 Å². The summed E-state index contributed by atoms with van der Waals surface area (Å²) in [6, 6.07) is 7.62. The summed E-state index contributed by atoms with van der Waals surface area (Å²) in [4.78, 5) is 11.8. The van der Waals surface area contributed by atoms with E-state index in [4.69, 9.17) is 5.11 Å². The number of aliphatic hydroxyl groups excluding tert-OH is 1. The minimum Gasteiger partial charge on any atom is -0.392 e. The highest BCUT2D eigenvalue weighted by Gasteiger charge is 2.50. The van der Waals surface area contributed by atoms with Crippen LogP contribution in [0.15, 0.2) is 24.3 Å². The van der Waals surface area contributed by atoms with Crippen molar-refractivity contribution in [3.8, 4) is 0 Å². The Morgan fingerprint density at radius 1 is 1.35 bits per heavy atom. The summed E-state index contributed by atoms with van der Waals surface area (Å²) >= 11 is 0. The largest absolute Gasteiger partial charge is 0.392 e. The fraction of sp³-hybridized carbons (Fsp3) is 0.500. The maximum atomic E-state index is 11.8. The van der Waals surface area contributed by atoms with E-state index in [9.17, 15) is 4.79 Å². The van der Waals surface area contributed by atoms with Crippen molar-refractivity contribution in [2.45, 2.75) is 33.4 Å². The van der Waals surface area contributed by atoms with Gasteiger partial charge in [0.25, 0.3) is 0 Å². The molecule has 1 amide bonds. The summed E-state index contributed by atoms with van der Waals surface area (Å²) < 4.78 is 0. The van der Waals surface area contributed by atoms with Gasteiger partial charge < -0.3 is 10.4 Å². The Kier molecular flexibility index (Phi) is 3.20. The molecule has 1 saturated carbocycles. The van der Waals surface area contributed by atoms with E-state index in [0.29, 0.717) is 6.54 Å². The van der Waals surface area contributed by atoms with Crippen LogP contribution in [-0.2, 0) is 17.9 Å². The van der Waals surface area contributed by atoms with Crippen molar-refractivity contribution in [3.63, 3.8) is 0 Å². The predicted molar refractivity (Wildman–Crippen MR) is 66.1 cm³/mol. The molecule has 1 atom stereocenters. The number of rotatable bonds is 4. The van der Waals surface area contributed by atoms with Crippen LogP contribution in [0.3, 0.4) is 0 Å². The Bertz CT molecular complexity index is 409. The maximum absolute atomic E-state index is 11.8. The van der Waals surface area contributed by atoms with E-state index < -0.39 is 0 Å². The zero-order chi connectivity index (χ0) is 12.5. The fourth-order valence-electron chi connectivity index (χ4n) is 1.99. The van der Waals surface area contributed by atoms with Gasteiger partial charge in [0, 0.05) is 12.5 Å². The van der Waals surface area contributed by atoms with Crippen molar-refractivity contribution in [1.29, 1.82) is 0 Å². The summed E-state index contributed by atoms with van der Waals surface area (Å²) in [5.74, 6) is 0.334. The number of amides is 1. The standard InChI is InChI=1S/C14H19NO2/c1-14(2)7-12(14)13(17)15-8-10-3-5-11(9-16)6-4-10/h3-6,12,16H,7-9H2,1-2H3,(H,15,17). The Labute approximate surface area is 102 Å². The molecule has 0 aliphatic heterocycles. The molecule has 2 rings (SSSR count). The lowest BCUT2D eigenvalue weighted by Gasteiger charge is -2.07. The molecule has 0 saturated heterocycles. The molecule has 1 aliphatic rings. The lowest BCUT2D eigenvalue weighted by Crippen LogP contribution is -2.25. The third kappa shape index (κ3) is 2.86. The Hall–Kier alpha value is -1.35. The van der Waals surface area contributed by atoms with Crippen molar-refractivity contribution in [2.24, 2.45) is 11.3 Å². The molecule has 3 nitrogen and oxygen atoms in total. The van der Waals surface area contributed by atoms with Crippen LogP contribution in [0, 0.1) is 11.3 Å². The average Bonchev–Trinajstić information content (AvgIpc) is 2.96. The van der Waals surface area contributed by atoms with E-state index >= 15 is 0 Å². The second-order valence-corrected chi connectivity index (χ2v) is 5.44. The van der Waals surface area contributed by atoms with Crippen LogP contribution in [-0.4, -0.2) is 11.0 Å². The van der Waals surface area contributed by atoms with Gasteiger partial charge in [-0.05, 0) is 23.0 Å². The number of aliphatic hydroxyl groups is 1. The van der Waals surface area contributed by atoms with Crippen molar-refractivity contribution >= 4 is 5.91 Å². The topological polar surface area (TPSA) is 49.3 Å². The zero-order valence-corrected chi connectivity index (χ0v) is 10.4. The number of carbonyl (C=O) groups excluding carboxylic acids is 1. The van der Waals surface area contributed by atoms with Crippen LogP contribution >= 0.6 is 0 Å². The van der Waals surface area contributed by atoms with Crippen LogP contribution < -0.4 is 5.32 Å². The van der Waals surface area contributed by atoms with Crippen molar-refractivity contribution in [2.75, 3.05) is 0 Å². The SMILES string of the molecule is CC1(C)CC1C(=O)NCc1ccc(CO)cc1. The molecule has 1 aromatic carbocycles. The van der Waals surface area contributed by atoms with Crippen LogP contribution in [0.5, 0.6) is 0 Å². The molecular formula is C14H19NO2. The summed E-state index contributed by atoms with van der Waals surface area (Å²) in [6.07, 6.45) is 0.988. The van der Waals surface area contributed by atoms with Gasteiger partial charge in [-0.15, -0.1) is 0 Å². The van der Waals surface area contributed by atoms with Gasteiger partial charge in [0.05, 0.1) is 6.61 Å². The Morgan fingerprint density at radius 3 is 2.35 bits per heavy atom. The highest BCUT2D eigenvalue weighted by Crippen LogP contribution is 2.51. The molecule has 0 aromatic heterocycles. The van der Waals surface area contributed by atoms with Gasteiger partial charge in [0.1, 0.15) is 0 Å². The summed E-state index contributed by atoms with van der Waals surface area (Å²) in [7, 11) is 0. The lowest BCUT2D eigenvalue weighted by atomic mass is 10.1. The Balaban J connectivity index is 1.83. The molecule has 17 heavy (non-hydrogen) atoms. The third-order valence-corrected chi connectivity index (χ3v) is 3.50. The average molecular weight is 233 g/mol. The van der Waals surface area contributed by atoms with E-state index in [1.165, 1.54) is 0 Å². The van der Waals surface area contributed by atoms with Gasteiger partial charge in [0.2, 0.25) is 5.91 Å². The van der Waals surface area contributed by atoms with E-state index in [-0.39, 0.29) is 23.8 Å². The first-order chi connectivity index (χ1) is 8.03. The number of nitrogens with one attached hydrogen (secondary N) is 1. The molecule has 1 aliphatic carbocycles. The highest BCUT2D eigenvalue weighted by atomic mass is 16.3. The summed E-state index contributed by atoms with van der Waals surface area (Å²) in [5.41, 5.74) is 2.14. The zero-order valence-electron chi connectivity index (χ0n) is 10.4. The molecule has 1 aromatic rings. The van der Waals surface area contributed by atoms with Crippen molar-refractivity contribution < 1.29 is 9.90 Å². The normalized spacial score (nSPS) is 21.0. The van der Waals surface area contributed by atoms with Crippen LogP contribution in [0.4, 0.5) is 0 Å². The van der Waals surface area contributed by atoms with E-state index in [2.05, 4.69) is 19.2 Å². The quantitative estimate of drug-likeness (QED) is 0.833. The predicted octanol–water partition coefficient (Wildman–Crippen LogP) is 1.84. The number of benzene rings is 1. The number of hydrogen-bond acceptors (Lipinski definition) is 2. The molecular weight excluding hydrogens is 214 g/mol. The molecule has 3 heteroatoms. The molecule has 92 valence electrons. The first-order valence-corrected chi connectivity index (χ1v) is 5.99. The molecule has 2 N–H and O–H groups in total. The van der Waals surface area contributed by atoms with Crippen LogP contribution in [0.25, 0.3) is 0 Å². The molecule has 1 unspecified atom stereocenters. The smallest absolute Gasteiger partial charge is 0.223 e. The minimum atomic E-state index is 0.0584. The fourth-order valence-corrected chi connectivity index (χ4v) is 1.99. The molecule has 0 radical (unpaired) electrons. The maximum Gasteiger partial charge on any atom is 0.223 e. The summed E-state index contributed by atoms with van der Waals surface area (Å²) in [6.45, 7) is 4.86. The van der Waals surface area contributed by atoms with Crippen LogP contribution in [0.1, 0.15) is 31.4 Å². The van der Waals surface area contributed by atoms with Gasteiger partial charge in [0.15, 0.2) is 0 Å². The molecule has 0 heterocycles. The molecule has 0 spiro atoms. The number of hydrogen-bond donors (Lipinski definition) is 2. The van der Waals surface area contributed by atoms with E-state index in [1.807, 2.05) is 24.3 Å². The molecule has 0 bridgehead atoms. The minimum absolute atomic E-state index is 0.0584. The highest BCUT2D eigenvalue weighted by molar-refractivity contribution is 5.82. The lowest BCUT2D eigenvalue weighted by molar-refractivity contribution is -0.123. The number of carbonyl (C=O) groups is 1. The first kappa shape index (κ1) is 12.1.